The first-order chi connectivity index (χ1) is 13.3. The molecule has 1 aromatic heterocycles. The zero-order valence-corrected chi connectivity index (χ0v) is 16.9. The summed E-state index contributed by atoms with van der Waals surface area (Å²) in [6.07, 6.45) is -5.21. The molecule has 0 saturated carbocycles. The van der Waals surface area contributed by atoms with E-state index in [1.807, 2.05) is 5.32 Å². The molecule has 2 aromatic carbocycles. The van der Waals surface area contributed by atoms with Crippen LogP contribution >= 0.6 is 22.9 Å². The summed E-state index contributed by atoms with van der Waals surface area (Å²) in [4.78, 5) is 15.6. The molecule has 2 N–H and O–H groups in total. The van der Waals surface area contributed by atoms with Gasteiger partial charge in [-0.05, 0) is 37.3 Å². The van der Waals surface area contributed by atoms with Crippen molar-refractivity contribution in [1.82, 2.24) is 4.98 Å². The van der Waals surface area contributed by atoms with Gasteiger partial charge in [-0.2, -0.15) is 13.2 Å². The quantitative estimate of drug-likeness (QED) is 0.607. The van der Waals surface area contributed by atoms with E-state index >= 15 is 0 Å². The van der Waals surface area contributed by atoms with E-state index < -0.39 is 27.5 Å². The number of anilines is 1. The molecule has 0 fully saturated rings. The number of alkyl halides is 3. The lowest BCUT2D eigenvalue weighted by molar-refractivity contribution is -0.242. The van der Waals surface area contributed by atoms with Crippen LogP contribution in [0.3, 0.4) is 0 Å². The van der Waals surface area contributed by atoms with Gasteiger partial charge in [-0.25, -0.2) is 13.4 Å². The molecule has 1 unspecified atom stereocenters. The Hall–Kier alpha value is -2.21. The highest BCUT2D eigenvalue weighted by Crippen LogP contribution is 2.34. The lowest BCUT2D eigenvalue weighted by Gasteiger charge is -2.25. The van der Waals surface area contributed by atoms with Gasteiger partial charge in [0.15, 0.2) is 0 Å². The highest BCUT2D eigenvalue weighted by Gasteiger charge is 2.55. The minimum Gasteiger partial charge on any atom is -0.373 e. The molecule has 0 aliphatic heterocycles. The Labute approximate surface area is 171 Å². The predicted molar refractivity (Wildman–Crippen MR) is 102 cm³/mol. The maximum absolute atomic E-state index is 12.8. The van der Waals surface area contributed by atoms with Crippen LogP contribution in [-0.2, 0) is 14.6 Å². The van der Waals surface area contributed by atoms with Crippen LogP contribution in [-0.4, -0.2) is 36.2 Å². The second-order valence-corrected chi connectivity index (χ2v) is 9.68. The fourth-order valence-corrected chi connectivity index (χ4v) is 5.13. The van der Waals surface area contributed by atoms with E-state index in [1.54, 1.807) is 24.3 Å². The third-order valence-corrected chi connectivity index (χ3v) is 7.47. The summed E-state index contributed by atoms with van der Waals surface area (Å²) in [5, 5.41) is 10.9. The van der Waals surface area contributed by atoms with E-state index in [-0.39, 0.29) is 19.9 Å². The van der Waals surface area contributed by atoms with E-state index in [0.717, 1.165) is 29.5 Å². The smallest absolute Gasteiger partial charge is 0.373 e. The average Bonchev–Trinajstić information content (AvgIpc) is 3.07. The van der Waals surface area contributed by atoms with Crippen molar-refractivity contribution in [2.75, 3.05) is 5.32 Å². The Kier molecular flexibility index (Phi) is 5.37. The van der Waals surface area contributed by atoms with Gasteiger partial charge in [0.2, 0.25) is 19.8 Å². The Morgan fingerprint density at radius 3 is 2.45 bits per heavy atom. The molecule has 0 radical (unpaired) electrons. The van der Waals surface area contributed by atoms with Crippen LogP contribution in [0.4, 0.5) is 18.9 Å². The van der Waals surface area contributed by atoms with Gasteiger partial charge in [-0.1, -0.05) is 23.7 Å². The predicted octanol–water partition coefficient (Wildman–Crippen LogP) is 4.03. The van der Waals surface area contributed by atoms with E-state index in [9.17, 15) is 31.5 Å². The number of carbonyl (C=O) groups excluding carboxylic acids is 1. The van der Waals surface area contributed by atoms with Gasteiger partial charge in [0.25, 0.3) is 5.91 Å². The number of sulfone groups is 1. The molecule has 12 heteroatoms. The van der Waals surface area contributed by atoms with Crippen molar-refractivity contribution < 1.29 is 31.5 Å². The first kappa shape index (κ1) is 21.5. The molecule has 0 spiro atoms. The molecule has 0 bridgehead atoms. The SMILES string of the molecule is CC(O)(C(=O)Nc1ccc(S(=O)(=O)c2nc3ccccc3s2)cc1Cl)C(F)(F)F. The van der Waals surface area contributed by atoms with Crippen molar-refractivity contribution in [1.29, 1.82) is 0 Å². The van der Waals surface area contributed by atoms with Crippen molar-refractivity contribution >= 4 is 54.6 Å². The van der Waals surface area contributed by atoms with Crippen LogP contribution in [0.25, 0.3) is 10.2 Å². The zero-order valence-electron chi connectivity index (χ0n) is 14.5. The van der Waals surface area contributed by atoms with Crippen LogP contribution in [0.5, 0.6) is 0 Å². The third-order valence-electron chi connectivity index (χ3n) is 4.00. The van der Waals surface area contributed by atoms with Gasteiger partial charge in [-0.3, -0.25) is 4.79 Å². The van der Waals surface area contributed by atoms with E-state index in [2.05, 4.69) is 4.98 Å². The van der Waals surface area contributed by atoms with E-state index in [1.165, 1.54) is 0 Å². The van der Waals surface area contributed by atoms with Gasteiger partial charge >= 0.3 is 6.18 Å². The van der Waals surface area contributed by atoms with Crippen molar-refractivity contribution in [2.45, 2.75) is 27.9 Å². The molecule has 29 heavy (non-hydrogen) atoms. The van der Waals surface area contributed by atoms with E-state index in [4.69, 9.17) is 11.6 Å². The number of nitrogens with one attached hydrogen (secondary N) is 1. The first-order valence-corrected chi connectivity index (χ1v) is 10.5. The highest BCUT2D eigenvalue weighted by molar-refractivity contribution is 7.93. The van der Waals surface area contributed by atoms with Gasteiger partial charge < -0.3 is 10.4 Å². The molecule has 3 aromatic rings. The topological polar surface area (TPSA) is 96.4 Å². The minimum atomic E-state index is -5.21. The number of hydrogen-bond donors (Lipinski definition) is 2. The fraction of sp³-hybridized carbons (Fsp3) is 0.176. The third kappa shape index (κ3) is 3.95. The van der Waals surface area contributed by atoms with Crippen LogP contribution in [0.1, 0.15) is 6.92 Å². The summed E-state index contributed by atoms with van der Waals surface area (Å²) in [5.41, 5.74) is -3.44. The van der Waals surface area contributed by atoms with Crippen LogP contribution in [0.2, 0.25) is 5.02 Å². The number of benzene rings is 2. The summed E-state index contributed by atoms with van der Waals surface area (Å²) >= 11 is 6.91. The summed E-state index contributed by atoms with van der Waals surface area (Å²) in [7, 11) is -4.04. The molecule has 3 rings (SSSR count). The standard InChI is InChI=1S/C17H12ClF3N2O4S2/c1-16(25,17(19,20)21)14(24)22-11-7-6-9(8-10(11)18)29(26,27)15-23-12-4-2-3-5-13(12)28-15/h2-8,25H,1H3,(H,22,24). The van der Waals surface area contributed by atoms with Crippen LogP contribution in [0.15, 0.2) is 51.7 Å². The largest absolute Gasteiger partial charge is 0.426 e. The molecule has 1 heterocycles. The minimum absolute atomic E-state index is 0.174. The molecule has 6 nitrogen and oxygen atoms in total. The number of para-hydroxylation sites is 1. The second kappa shape index (κ2) is 7.24. The number of aliphatic hydroxyl groups is 1. The van der Waals surface area contributed by atoms with Crippen molar-refractivity contribution in [3.63, 3.8) is 0 Å². The van der Waals surface area contributed by atoms with E-state index in [0.29, 0.717) is 17.1 Å². The number of aromatic nitrogens is 1. The van der Waals surface area contributed by atoms with Crippen LogP contribution < -0.4 is 5.32 Å². The normalized spacial score (nSPS) is 14.6. The molecule has 0 saturated heterocycles. The molecular formula is C17H12ClF3N2O4S2. The van der Waals surface area contributed by atoms with Crippen molar-refractivity contribution in [3.8, 4) is 0 Å². The average molecular weight is 465 g/mol. The maximum atomic E-state index is 12.8. The maximum Gasteiger partial charge on any atom is 0.426 e. The number of halogens is 4. The molecule has 0 aliphatic rings. The number of thiazole rings is 1. The van der Waals surface area contributed by atoms with Gasteiger partial charge in [0.1, 0.15) is 0 Å². The fourth-order valence-electron chi connectivity index (χ4n) is 2.20. The number of fused-ring (bicyclic) bond motifs is 1. The van der Waals surface area contributed by atoms with Crippen LogP contribution in [0, 0.1) is 0 Å². The number of hydrogen-bond acceptors (Lipinski definition) is 6. The van der Waals surface area contributed by atoms with Gasteiger partial charge in [0, 0.05) is 0 Å². The summed E-state index contributed by atoms with van der Waals surface area (Å²) < 4.78 is 64.3. The Balaban J connectivity index is 1.92. The summed E-state index contributed by atoms with van der Waals surface area (Å²) in [5.74, 6) is -1.76. The molecule has 1 atom stereocenters. The zero-order chi connectivity index (χ0) is 21.6. The van der Waals surface area contributed by atoms with Crippen molar-refractivity contribution in [3.05, 3.63) is 47.5 Å². The highest BCUT2D eigenvalue weighted by atomic mass is 35.5. The van der Waals surface area contributed by atoms with Gasteiger partial charge in [0.05, 0.1) is 25.8 Å². The lowest BCUT2D eigenvalue weighted by atomic mass is 10.1. The lowest BCUT2D eigenvalue weighted by Crippen LogP contribution is -2.52. The molecule has 154 valence electrons. The monoisotopic (exact) mass is 464 g/mol. The number of carbonyl (C=O) groups is 1. The molecule has 0 aliphatic carbocycles. The molecule has 1 amide bonds. The Morgan fingerprint density at radius 1 is 1.21 bits per heavy atom. The Morgan fingerprint density at radius 2 is 1.86 bits per heavy atom. The number of amides is 1. The van der Waals surface area contributed by atoms with Gasteiger partial charge in [-0.15, -0.1) is 11.3 Å². The van der Waals surface area contributed by atoms with Crippen molar-refractivity contribution in [2.24, 2.45) is 0 Å². The molecular weight excluding hydrogens is 453 g/mol. The number of rotatable bonds is 4. The Bertz CT molecular complexity index is 1170. The first-order valence-electron chi connectivity index (χ1n) is 7.85. The summed E-state index contributed by atoms with van der Waals surface area (Å²) in [6, 6.07) is 9.91. The second-order valence-electron chi connectivity index (χ2n) is 6.12. The summed E-state index contributed by atoms with van der Waals surface area (Å²) in [6.45, 7) is 0.294. The number of nitrogens with zero attached hydrogens (tertiary/aromatic N) is 1.